The monoisotopic (exact) mass is 477 g/mol. The number of imide groups is 1. The molecule has 3 rings (SSSR count). The number of nitrogens with one attached hydrogen (secondary N) is 2. The first-order chi connectivity index (χ1) is 15.7. The standard InChI is InChI=1S/C23H25ClFN3O5/c1-4-5-10-23(14-6-8-15(25)9-7-14)21(30)28(22(31)27-23)13-20(29)26-17-11-16(24)18(32-2)12-19(17)33-3/h6-9,11-12H,4-5,10,13H2,1-3H3,(H,26,29)(H,27,31). The van der Waals surface area contributed by atoms with E-state index in [0.29, 0.717) is 29.9 Å². The maximum atomic E-state index is 13.5. The van der Waals surface area contributed by atoms with Crippen molar-refractivity contribution in [3.05, 3.63) is 52.8 Å². The maximum absolute atomic E-state index is 13.5. The highest BCUT2D eigenvalue weighted by atomic mass is 35.5. The third kappa shape index (κ3) is 4.88. The first-order valence-corrected chi connectivity index (χ1v) is 10.7. The molecule has 2 N–H and O–H groups in total. The van der Waals surface area contributed by atoms with E-state index in [9.17, 15) is 18.8 Å². The number of halogens is 2. The SMILES string of the molecule is CCCCC1(c2ccc(F)cc2)NC(=O)N(CC(=O)Nc2cc(Cl)c(OC)cc2OC)C1=O. The van der Waals surface area contributed by atoms with E-state index in [1.165, 1.54) is 50.6 Å². The Hall–Kier alpha value is -3.33. The summed E-state index contributed by atoms with van der Waals surface area (Å²) in [6.45, 7) is 1.44. The summed E-state index contributed by atoms with van der Waals surface area (Å²) in [6, 6.07) is 7.67. The molecule has 176 valence electrons. The van der Waals surface area contributed by atoms with Crippen molar-refractivity contribution in [2.24, 2.45) is 0 Å². The molecule has 1 fully saturated rings. The van der Waals surface area contributed by atoms with Crippen molar-refractivity contribution in [1.29, 1.82) is 0 Å². The minimum absolute atomic E-state index is 0.249. The van der Waals surface area contributed by atoms with Crippen molar-refractivity contribution >= 4 is 35.1 Å². The van der Waals surface area contributed by atoms with Crippen LogP contribution in [0.15, 0.2) is 36.4 Å². The van der Waals surface area contributed by atoms with Crippen LogP contribution in [0.3, 0.4) is 0 Å². The van der Waals surface area contributed by atoms with Crippen LogP contribution in [0.1, 0.15) is 31.7 Å². The van der Waals surface area contributed by atoms with Gasteiger partial charge in [0.25, 0.3) is 5.91 Å². The highest BCUT2D eigenvalue weighted by Gasteiger charge is 2.52. The van der Waals surface area contributed by atoms with Crippen LogP contribution in [0.2, 0.25) is 5.02 Å². The number of unbranched alkanes of at least 4 members (excludes halogenated alkanes) is 1. The van der Waals surface area contributed by atoms with Crippen molar-refractivity contribution in [3.8, 4) is 11.5 Å². The van der Waals surface area contributed by atoms with Gasteiger partial charge in [0.2, 0.25) is 5.91 Å². The van der Waals surface area contributed by atoms with Crippen molar-refractivity contribution in [2.45, 2.75) is 31.7 Å². The second kappa shape index (κ2) is 10.1. The average molecular weight is 478 g/mol. The van der Waals surface area contributed by atoms with Crippen molar-refractivity contribution < 1.29 is 28.2 Å². The molecule has 1 atom stereocenters. The van der Waals surface area contributed by atoms with Crippen LogP contribution >= 0.6 is 11.6 Å². The number of benzene rings is 2. The van der Waals surface area contributed by atoms with Gasteiger partial charge in [0.1, 0.15) is 29.4 Å². The molecule has 0 spiro atoms. The van der Waals surface area contributed by atoms with Gasteiger partial charge in [0, 0.05) is 6.07 Å². The van der Waals surface area contributed by atoms with Gasteiger partial charge in [-0.25, -0.2) is 9.18 Å². The summed E-state index contributed by atoms with van der Waals surface area (Å²) < 4.78 is 23.8. The van der Waals surface area contributed by atoms with E-state index in [0.717, 1.165) is 11.3 Å². The molecule has 0 bridgehead atoms. The largest absolute Gasteiger partial charge is 0.495 e. The summed E-state index contributed by atoms with van der Waals surface area (Å²) in [4.78, 5) is 39.7. The molecule has 0 saturated carbocycles. The van der Waals surface area contributed by atoms with E-state index in [4.69, 9.17) is 21.1 Å². The zero-order valence-corrected chi connectivity index (χ0v) is 19.3. The lowest BCUT2D eigenvalue weighted by atomic mass is 9.85. The first-order valence-electron chi connectivity index (χ1n) is 10.4. The Kier molecular flexibility index (Phi) is 7.43. The number of ether oxygens (including phenoxy) is 2. The van der Waals surface area contributed by atoms with E-state index in [1.807, 2.05) is 6.92 Å². The molecule has 10 heteroatoms. The van der Waals surface area contributed by atoms with Crippen molar-refractivity contribution in [2.75, 3.05) is 26.1 Å². The minimum atomic E-state index is -1.36. The van der Waals surface area contributed by atoms with Gasteiger partial charge >= 0.3 is 6.03 Å². The number of methoxy groups -OCH3 is 2. The lowest BCUT2D eigenvalue weighted by molar-refractivity contribution is -0.134. The fourth-order valence-corrected chi connectivity index (χ4v) is 3.99. The predicted octanol–water partition coefficient (Wildman–Crippen LogP) is 4.07. The molecule has 1 saturated heterocycles. The van der Waals surface area contributed by atoms with Crippen LogP contribution in [0.5, 0.6) is 11.5 Å². The molecule has 2 aromatic rings. The number of amides is 4. The molecule has 0 radical (unpaired) electrons. The first kappa shape index (κ1) is 24.3. The third-order valence-electron chi connectivity index (χ3n) is 5.47. The average Bonchev–Trinajstić information content (AvgIpc) is 3.03. The number of rotatable bonds is 9. The number of hydrogen-bond donors (Lipinski definition) is 2. The van der Waals surface area contributed by atoms with Crippen LogP contribution in [0.4, 0.5) is 14.9 Å². The molecule has 1 heterocycles. The number of nitrogens with zero attached hydrogens (tertiary/aromatic N) is 1. The summed E-state index contributed by atoms with van der Waals surface area (Å²) in [5, 5.41) is 5.59. The number of hydrogen-bond acceptors (Lipinski definition) is 5. The van der Waals surface area contributed by atoms with Gasteiger partial charge in [-0.3, -0.25) is 14.5 Å². The molecule has 1 aliphatic heterocycles. The zero-order chi connectivity index (χ0) is 24.2. The second-order valence-corrected chi connectivity index (χ2v) is 7.98. The Labute approximate surface area is 196 Å². The summed E-state index contributed by atoms with van der Waals surface area (Å²) in [6.07, 6.45) is 1.75. The molecule has 1 unspecified atom stereocenters. The Morgan fingerprint density at radius 3 is 2.42 bits per heavy atom. The molecule has 33 heavy (non-hydrogen) atoms. The summed E-state index contributed by atoms with van der Waals surface area (Å²) in [5.41, 5.74) is -0.638. The highest BCUT2D eigenvalue weighted by molar-refractivity contribution is 6.32. The minimum Gasteiger partial charge on any atom is -0.495 e. The van der Waals surface area contributed by atoms with Gasteiger partial charge in [-0.1, -0.05) is 43.5 Å². The Balaban J connectivity index is 1.83. The van der Waals surface area contributed by atoms with E-state index < -0.39 is 35.7 Å². The molecular formula is C23H25ClFN3O5. The van der Waals surface area contributed by atoms with Crippen molar-refractivity contribution in [1.82, 2.24) is 10.2 Å². The molecule has 0 aliphatic carbocycles. The molecule has 4 amide bonds. The molecule has 0 aromatic heterocycles. The van der Waals surface area contributed by atoms with E-state index >= 15 is 0 Å². The zero-order valence-electron chi connectivity index (χ0n) is 18.5. The van der Waals surface area contributed by atoms with Crippen molar-refractivity contribution in [3.63, 3.8) is 0 Å². The van der Waals surface area contributed by atoms with Gasteiger partial charge in [0.15, 0.2) is 0 Å². The summed E-state index contributed by atoms with van der Waals surface area (Å²) >= 11 is 6.14. The van der Waals surface area contributed by atoms with Crippen LogP contribution in [0, 0.1) is 5.82 Å². The second-order valence-electron chi connectivity index (χ2n) is 7.57. The number of carbonyl (C=O) groups excluding carboxylic acids is 3. The predicted molar refractivity (Wildman–Crippen MR) is 121 cm³/mol. The maximum Gasteiger partial charge on any atom is 0.325 e. The van der Waals surface area contributed by atoms with Gasteiger partial charge < -0.3 is 20.1 Å². The highest BCUT2D eigenvalue weighted by Crippen LogP contribution is 2.37. The fourth-order valence-electron chi connectivity index (χ4n) is 3.75. The Morgan fingerprint density at radius 1 is 1.15 bits per heavy atom. The lowest BCUT2D eigenvalue weighted by Crippen LogP contribution is -2.44. The third-order valence-corrected chi connectivity index (χ3v) is 5.76. The van der Waals surface area contributed by atoms with Crippen LogP contribution in [-0.2, 0) is 15.1 Å². The molecular weight excluding hydrogens is 453 g/mol. The number of anilines is 1. The number of carbonyl (C=O) groups is 3. The van der Waals surface area contributed by atoms with E-state index in [2.05, 4.69) is 10.6 Å². The smallest absolute Gasteiger partial charge is 0.325 e. The topological polar surface area (TPSA) is 97.0 Å². The normalized spacial score (nSPS) is 17.7. The van der Waals surface area contributed by atoms with Gasteiger partial charge in [-0.2, -0.15) is 0 Å². The summed E-state index contributed by atoms with van der Waals surface area (Å²) in [7, 11) is 2.86. The molecule has 2 aromatic carbocycles. The van der Waals surface area contributed by atoms with Gasteiger partial charge in [-0.15, -0.1) is 0 Å². The molecule has 8 nitrogen and oxygen atoms in total. The lowest BCUT2D eigenvalue weighted by Gasteiger charge is -2.27. The summed E-state index contributed by atoms with van der Waals surface area (Å²) in [5.74, 6) is -0.985. The van der Waals surface area contributed by atoms with Gasteiger partial charge in [-0.05, 0) is 30.2 Å². The molecule has 1 aliphatic rings. The van der Waals surface area contributed by atoms with Gasteiger partial charge in [0.05, 0.1) is 24.9 Å². The van der Waals surface area contributed by atoms with E-state index in [1.54, 1.807) is 0 Å². The Morgan fingerprint density at radius 2 is 1.82 bits per heavy atom. The number of urea groups is 1. The van der Waals surface area contributed by atoms with Crippen LogP contribution in [-0.4, -0.2) is 43.5 Å². The van der Waals surface area contributed by atoms with Crippen LogP contribution in [0.25, 0.3) is 0 Å². The fraction of sp³-hybridized carbons (Fsp3) is 0.348. The quantitative estimate of drug-likeness (QED) is 0.530. The van der Waals surface area contributed by atoms with Crippen LogP contribution < -0.4 is 20.1 Å². The van der Waals surface area contributed by atoms with E-state index in [-0.39, 0.29) is 10.7 Å². The Bertz CT molecular complexity index is 1060.